The van der Waals surface area contributed by atoms with Crippen LogP contribution >= 0.6 is 11.6 Å². The van der Waals surface area contributed by atoms with Crippen LogP contribution in [-0.2, 0) is 9.59 Å². The van der Waals surface area contributed by atoms with Gasteiger partial charge in [-0.25, -0.2) is 9.97 Å². The molecule has 8 nitrogen and oxygen atoms in total. The number of hydrogen-bond donors (Lipinski definition) is 3. The largest absolute Gasteiger partial charge is 0.346 e. The molecule has 0 aromatic carbocycles. The number of aldehydes is 1. The lowest BCUT2D eigenvalue weighted by molar-refractivity contribution is -0.117. The van der Waals surface area contributed by atoms with E-state index in [9.17, 15) is 9.59 Å². The first-order chi connectivity index (χ1) is 13.5. The zero-order valence-corrected chi connectivity index (χ0v) is 16.2. The predicted molar refractivity (Wildman–Crippen MR) is 106 cm³/mol. The number of halogens is 1. The van der Waals surface area contributed by atoms with Gasteiger partial charge in [-0.15, -0.1) is 0 Å². The number of aromatic amines is 1. The number of nitrogens with zero attached hydrogens (tertiary/aromatic N) is 3. The zero-order chi connectivity index (χ0) is 19.7. The number of fused-ring (bicyclic) bond motifs is 1. The van der Waals surface area contributed by atoms with E-state index in [2.05, 4.69) is 25.6 Å². The fourth-order valence-electron chi connectivity index (χ4n) is 4.00. The maximum atomic E-state index is 12.6. The van der Waals surface area contributed by atoms with Gasteiger partial charge in [-0.2, -0.15) is 0 Å². The average Bonchev–Trinajstić information content (AvgIpc) is 3.26. The van der Waals surface area contributed by atoms with Crippen molar-refractivity contribution in [3.05, 3.63) is 41.1 Å². The second kappa shape index (κ2) is 7.27. The highest BCUT2D eigenvalue weighted by Gasteiger charge is 2.46. The quantitative estimate of drug-likeness (QED) is 0.538. The van der Waals surface area contributed by atoms with Crippen molar-refractivity contribution in [3.63, 3.8) is 0 Å². The number of nitrogens with one attached hydrogen (secondary N) is 3. The van der Waals surface area contributed by atoms with Crippen LogP contribution in [0.25, 0.3) is 11.0 Å². The van der Waals surface area contributed by atoms with E-state index in [-0.39, 0.29) is 22.3 Å². The fourth-order valence-corrected chi connectivity index (χ4v) is 4.33. The van der Waals surface area contributed by atoms with Crippen LogP contribution in [0.3, 0.4) is 0 Å². The molecule has 4 rings (SSSR count). The van der Waals surface area contributed by atoms with Gasteiger partial charge in [0.2, 0.25) is 0 Å². The maximum Gasteiger partial charge on any atom is 0.270 e. The molecule has 2 aliphatic rings. The number of aromatic nitrogens is 3. The number of H-pyrrole nitrogens is 1. The minimum absolute atomic E-state index is 0.199. The summed E-state index contributed by atoms with van der Waals surface area (Å²) in [4.78, 5) is 37.4. The maximum absolute atomic E-state index is 12.6. The van der Waals surface area contributed by atoms with Crippen molar-refractivity contribution in [2.24, 2.45) is 0 Å². The second-order valence-corrected chi connectivity index (χ2v) is 7.51. The summed E-state index contributed by atoms with van der Waals surface area (Å²) >= 11 is 6.48. The molecule has 0 atom stereocenters. The number of allylic oxidation sites excluding steroid dienone is 3. The Kier molecular flexibility index (Phi) is 4.80. The molecular weight excluding hydrogens is 380 g/mol. The van der Waals surface area contributed by atoms with Crippen LogP contribution in [0.1, 0.15) is 32.1 Å². The Hall–Kier alpha value is -2.87. The van der Waals surface area contributed by atoms with E-state index in [0.29, 0.717) is 23.4 Å². The van der Waals surface area contributed by atoms with Gasteiger partial charge in [0, 0.05) is 13.2 Å². The summed E-state index contributed by atoms with van der Waals surface area (Å²) in [6.07, 6.45) is 10.3. The molecule has 1 aliphatic heterocycles. The van der Waals surface area contributed by atoms with Gasteiger partial charge < -0.3 is 20.5 Å². The number of amides is 1. The van der Waals surface area contributed by atoms with Crippen molar-refractivity contribution in [1.82, 2.24) is 25.2 Å². The third-order valence-corrected chi connectivity index (χ3v) is 5.76. The summed E-state index contributed by atoms with van der Waals surface area (Å²) in [6, 6.07) is 1.81. The standard InChI is InChI=1S/C19H21ClN6O2/c1-26-15(18(28)25-19(26)6-3-2-4-7-19)14(20)9-12(10-27)24-17-13-5-8-21-16(13)22-11-23-17/h5,8-11H,2-4,6-7H2,1H3,(H,25,28)(H2,21,22,23,24)/b12-9+,15-14+. The summed E-state index contributed by atoms with van der Waals surface area (Å²) < 4.78 is 0. The van der Waals surface area contributed by atoms with Crippen molar-refractivity contribution in [1.29, 1.82) is 0 Å². The highest BCUT2D eigenvalue weighted by Crippen LogP contribution is 2.38. The molecule has 9 heteroatoms. The predicted octanol–water partition coefficient (Wildman–Crippen LogP) is 2.63. The number of likely N-dealkylation sites (N-methyl/N-ethyl adjacent to an activating group) is 1. The number of rotatable bonds is 4. The third kappa shape index (κ3) is 3.13. The van der Waals surface area contributed by atoms with Gasteiger partial charge in [-0.3, -0.25) is 9.59 Å². The lowest BCUT2D eigenvalue weighted by Gasteiger charge is -2.39. The van der Waals surface area contributed by atoms with Gasteiger partial charge in [0.1, 0.15) is 29.2 Å². The molecular formula is C19H21ClN6O2. The summed E-state index contributed by atoms with van der Waals surface area (Å²) in [5, 5.41) is 7.01. The Bertz CT molecular complexity index is 989. The molecule has 0 radical (unpaired) electrons. The van der Waals surface area contributed by atoms with Gasteiger partial charge >= 0.3 is 0 Å². The molecule has 1 saturated heterocycles. The van der Waals surface area contributed by atoms with Gasteiger partial charge in [-0.05, 0) is 37.8 Å². The van der Waals surface area contributed by atoms with E-state index in [4.69, 9.17) is 11.6 Å². The van der Waals surface area contributed by atoms with Crippen LogP contribution in [0.15, 0.2) is 41.1 Å². The smallest absolute Gasteiger partial charge is 0.270 e. The number of carbonyl (C=O) groups excluding carboxylic acids is 2. The third-order valence-electron chi connectivity index (χ3n) is 5.47. The minimum atomic E-state index is -0.378. The molecule has 1 spiro atoms. The van der Waals surface area contributed by atoms with Crippen molar-refractivity contribution < 1.29 is 9.59 Å². The summed E-state index contributed by atoms with van der Waals surface area (Å²) in [6.45, 7) is 0. The van der Waals surface area contributed by atoms with E-state index in [1.807, 2.05) is 18.0 Å². The second-order valence-electron chi connectivity index (χ2n) is 7.11. The molecule has 1 amide bonds. The normalized spacial score (nSPS) is 21.1. The van der Waals surface area contributed by atoms with Crippen molar-refractivity contribution in [2.75, 3.05) is 12.4 Å². The topological polar surface area (TPSA) is 103 Å². The van der Waals surface area contributed by atoms with Gasteiger partial charge in [0.15, 0.2) is 6.29 Å². The van der Waals surface area contributed by atoms with Crippen LogP contribution in [-0.4, -0.2) is 44.8 Å². The SMILES string of the molecule is CN1/C(=C(Cl)\C=C(/C=O)Nc2ncnc3[nH]ccc23)C(=O)NC12CCCCC2. The Labute approximate surface area is 167 Å². The number of carbonyl (C=O) groups is 2. The van der Waals surface area contributed by atoms with Gasteiger partial charge in [0.25, 0.3) is 5.91 Å². The molecule has 1 aliphatic carbocycles. The van der Waals surface area contributed by atoms with E-state index in [1.165, 1.54) is 18.8 Å². The first-order valence-corrected chi connectivity index (χ1v) is 9.60. The molecule has 1 saturated carbocycles. The Morgan fingerprint density at radius 2 is 2.11 bits per heavy atom. The van der Waals surface area contributed by atoms with Crippen LogP contribution in [0.4, 0.5) is 5.82 Å². The number of hydrogen-bond acceptors (Lipinski definition) is 6. The van der Waals surface area contributed by atoms with Crippen LogP contribution in [0.5, 0.6) is 0 Å². The summed E-state index contributed by atoms with van der Waals surface area (Å²) in [5.41, 5.74) is 0.849. The molecule has 0 bridgehead atoms. The van der Waals surface area contributed by atoms with E-state index in [1.54, 1.807) is 6.20 Å². The molecule has 0 unspecified atom stereocenters. The lowest BCUT2D eigenvalue weighted by Crippen LogP contribution is -2.51. The van der Waals surface area contributed by atoms with Crippen molar-refractivity contribution >= 4 is 40.6 Å². The van der Waals surface area contributed by atoms with Crippen LogP contribution in [0.2, 0.25) is 0 Å². The first-order valence-electron chi connectivity index (χ1n) is 9.22. The van der Waals surface area contributed by atoms with Crippen LogP contribution < -0.4 is 10.6 Å². The van der Waals surface area contributed by atoms with E-state index in [0.717, 1.165) is 31.1 Å². The fraction of sp³-hybridized carbons (Fsp3) is 0.368. The van der Waals surface area contributed by atoms with Gasteiger partial charge in [0.05, 0.1) is 16.1 Å². The Morgan fingerprint density at radius 1 is 1.32 bits per heavy atom. The minimum Gasteiger partial charge on any atom is -0.346 e. The highest BCUT2D eigenvalue weighted by molar-refractivity contribution is 6.33. The Morgan fingerprint density at radius 3 is 2.86 bits per heavy atom. The summed E-state index contributed by atoms with van der Waals surface area (Å²) in [7, 11) is 1.87. The molecule has 2 fully saturated rings. The van der Waals surface area contributed by atoms with E-state index < -0.39 is 0 Å². The molecule has 146 valence electrons. The molecule has 28 heavy (non-hydrogen) atoms. The van der Waals surface area contributed by atoms with E-state index >= 15 is 0 Å². The average molecular weight is 401 g/mol. The zero-order valence-electron chi connectivity index (χ0n) is 15.5. The Balaban J connectivity index is 1.65. The van der Waals surface area contributed by atoms with Crippen molar-refractivity contribution in [2.45, 2.75) is 37.8 Å². The highest BCUT2D eigenvalue weighted by atomic mass is 35.5. The number of anilines is 1. The summed E-state index contributed by atoms with van der Waals surface area (Å²) in [5.74, 6) is 0.262. The molecule has 2 aromatic heterocycles. The first kappa shape index (κ1) is 18.5. The monoisotopic (exact) mass is 400 g/mol. The van der Waals surface area contributed by atoms with Crippen molar-refractivity contribution in [3.8, 4) is 0 Å². The van der Waals surface area contributed by atoms with Crippen LogP contribution in [0, 0.1) is 0 Å². The molecule has 3 heterocycles. The van der Waals surface area contributed by atoms with Gasteiger partial charge in [-0.1, -0.05) is 18.0 Å². The lowest BCUT2D eigenvalue weighted by atomic mass is 9.89. The molecule has 2 aromatic rings. The molecule has 3 N–H and O–H groups in total.